The highest BCUT2D eigenvalue weighted by molar-refractivity contribution is 4.80. The van der Waals surface area contributed by atoms with Crippen LogP contribution >= 0.6 is 0 Å². The summed E-state index contributed by atoms with van der Waals surface area (Å²) in [6.45, 7) is 6.22. The molecule has 0 saturated heterocycles. The van der Waals surface area contributed by atoms with Gasteiger partial charge in [0.05, 0.1) is 0 Å². The standard InChI is InChI=1S/C8H20N2/c1-4-5-8(3,10)6-7(2)9/h7H,4-6,9-10H2,1-3H3. The fourth-order valence-corrected chi connectivity index (χ4v) is 1.41. The van der Waals surface area contributed by atoms with Crippen LogP contribution in [0.2, 0.25) is 0 Å². The van der Waals surface area contributed by atoms with Crippen LogP contribution in [0.25, 0.3) is 0 Å². The van der Waals surface area contributed by atoms with Crippen LogP contribution in [0.3, 0.4) is 0 Å². The highest BCUT2D eigenvalue weighted by Crippen LogP contribution is 2.14. The summed E-state index contributed by atoms with van der Waals surface area (Å²) >= 11 is 0. The van der Waals surface area contributed by atoms with Crippen LogP contribution in [-0.2, 0) is 0 Å². The predicted octanol–water partition coefficient (Wildman–Crippen LogP) is 1.24. The number of hydrogen-bond donors (Lipinski definition) is 2. The minimum Gasteiger partial charge on any atom is -0.328 e. The van der Waals surface area contributed by atoms with Crippen molar-refractivity contribution < 1.29 is 0 Å². The molecule has 2 heteroatoms. The van der Waals surface area contributed by atoms with Crippen LogP contribution in [0.5, 0.6) is 0 Å². The summed E-state index contributed by atoms with van der Waals surface area (Å²) in [7, 11) is 0. The molecule has 0 saturated carbocycles. The first-order valence-electron chi connectivity index (χ1n) is 4.02. The maximum absolute atomic E-state index is 5.95. The smallest absolute Gasteiger partial charge is 0.0140 e. The van der Waals surface area contributed by atoms with Crippen LogP contribution in [0.15, 0.2) is 0 Å². The molecule has 4 N–H and O–H groups in total. The van der Waals surface area contributed by atoms with Crippen molar-refractivity contribution in [2.75, 3.05) is 0 Å². The summed E-state index contributed by atoms with van der Waals surface area (Å²) < 4.78 is 0. The molecule has 0 aliphatic carbocycles. The zero-order chi connectivity index (χ0) is 8.20. The monoisotopic (exact) mass is 144 g/mol. The van der Waals surface area contributed by atoms with Crippen molar-refractivity contribution >= 4 is 0 Å². The van der Waals surface area contributed by atoms with E-state index >= 15 is 0 Å². The summed E-state index contributed by atoms with van der Waals surface area (Å²) in [5.74, 6) is 0. The molecule has 62 valence electrons. The normalized spacial score (nSPS) is 20.1. The minimum atomic E-state index is -0.0527. The lowest BCUT2D eigenvalue weighted by atomic mass is 9.90. The van der Waals surface area contributed by atoms with Gasteiger partial charge >= 0.3 is 0 Å². The second kappa shape index (κ2) is 3.94. The molecule has 2 unspecified atom stereocenters. The Bertz CT molecular complexity index is 87.3. The Hall–Kier alpha value is -0.0800. The molecule has 0 amide bonds. The molecular weight excluding hydrogens is 124 g/mol. The van der Waals surface area contributed by atoms with Crippen molar-refractivity contribution in [1.82, 2.24) is 0 Å². The number of hydrogen-bond acceptors (Lipinski definition) is 2. The Balaban J connectivity index is 3.63. The third kappa shape index (κ3) is 4.77. The number of nitrogens with two attached hydrogens (primary N) is 2. The summed E-state index contributed by atoms with van der Waals surface area (Å²) in [6, 6.07) is 0.224. The van der Waals surface area contributed by atoms with E-state index in [1.165, 1.54) is 0 Å². The van der Waals surface area contributed by atoms with Crippen LogP contribution in [0, 0.1) is 0 Å². The van der Waals surface area contributed by atoms with E-state index in [2.05, 4.69) is 13.8 Å². The van der Waals surface area contributed by atoms with Crippen LogP contribution < -0.4 is 11.5 Å². The Labute approximate surface area is 64.0 Å². The van der Waals surface area contributed by atoms with Gasteiger partial charge < -0.3 is 11.5 Å². The van der Waals surface area contributed by atoms with E-state index in [0.717, 1.165) is 19.3 Å². The molecule has 0 rings (SSSR count). The Morgan fingerprint density at radius 1 is 1.50 bits per heavy atom. The lowest BCUT2D eigenvalue weighted by Gasteiger charge is -2.25. The SMILES string of the molecule is CCCC(C)(N)CC(C)N. The Morgan fingerprint density at radius 2 is 2.00 bits per heavy atom. The van der Waals surface area contributed by atoms with E-state index in [-0.39, 0.29) is 11.6 Å². The predicted molar refractivity (Wildman–Crippen MR) is 45.8 cm³/mol. The second-order valence-electron chi connectivity index (χ2n) is 3.59. The lowest BCUT2D eigenvalue weighted by Crippen LogP contribution is -2.41. The average Bonchev–Trinajstić information content (AvgIpc) is 1.59. The molecule has 2 nitrogen and oxygen atoms in total. The maximum atomic E-state index is 5.95. The lowest BCUT2D eigenvalue weighted by molar-refractivity contribution is 0.370. The molecule has 0 aliphatic heterocycles. The molecule has 0 aromatic heterocycles. The van der Waals surface area contributed by atoms with Crippen LogP contribution in [-0.4, -0.2) is 11.6 Å². The van der Waals surface area contributed by atoms with Gasteiger partial charge in [-0.1, -0.05) is 13.3 Å². The topological polar surface area (TPSA) is 52.0 Å². The minimum absolute atomic E-state index is 0.0527. The summed E-state index contributed by atoms with van der Waals surface area (Å²) in [6.07, 6.45) is 3.12. The van der Waals surface area contributed by atoms with Gasteiger partial charge in [-0.05, 0) is 26.7 Å². The van der Waals surface area contributed by atoms with E-state index in [1.807, 2.05) is 6.92 Å². The van der Waals surface area contributed by atoms with Gasteiger partial charge in [0.1, 0.15) is 0 Å². The molecule has 0 bridgehead atoms. The van der Waals surface area contributed by atoms with E-state index < -0.39 is 0 Å². The summed E-state index contributed by atoms with van der Waals surface area (Å²) in [5, 5.41) is 0. The van der Waals surface area contributed by atoms with E-state index in [9.17, 15) is 0 Å². The first kappa shape index (κ1) is 9.92. The maximum Gasteiger partial charge on any atom is 0.0140 e. The van der Waals surface area contributed by atoms with Gasteiger partial charge in [-0.3, -0.25) is 0 Å². The summed E-state index contributed by atoms with van der Waals surface area (Å²) in [5.41, 5.74) is 11.5. The Kier molecular flexibility index (Phi) is 3.91. The van der Waals surface area contributed by atoms with Crippen molar-refractivity contribution in [3.63, 3.8) is 0 Å². The van der Waals surface area contributed by atoms with Crippen LogP contribution in [0.1, 0.15) is 40.0 Å². The quantitative estimate of drug-likeness (QED) is 0.623. The molecular formula is C8H20N2. The zero-order valence-electron chi connectivity index (χ0n) is 7.35. The van der Waals surface area contributed by atoms with Gasteiger partial charge in [0.25, 0.3) is 0 Å². The Morgan fingerprint density at radius 3 is 2.30 bits per heavy atom. The van der Waals surface area contributed by atoms with Crippen molar-refractivity contribution in [1.29, 1.82) is 0 Å². The second-order valence-corrected chi connectivity index (χ2v) is 3.59. The molecule has 0 heterocycles. The number of rotatable bonds is 4. The fourth-order valence-electron chi connectivity index (χ4n) is 1.41. The average molecular weight is 144 g/mol. The van der Waals surface area contributed by atoms with Crippen molar-refractivity contribution in [3.8, 4) is 0 Å². The third-order valence-corrected chi connectivity index (χ3v) is 1.61. The molecule has 0 aromatic rings. The highest BCUT2D eigenvalue weighted by Gasteiger charge is 2.18. The fraction of sp³-hybridized carbons (Fsp3) is 1.00. The van der Waals surface area contributed by atoms with Gasteiger partial charge in [0.15, 0.2) is 0 Å². The van der Waals surface area contributed by atoms with Gasteiger partial charge in [-0.15, -0.1) is 0 Å². The first-order valence-corrected chi connectivity index (χ1v) is 4.02. The van der Waals surface area contributed by atoms with Gasteiger partial charge in [0.2, 0.25) is 0 Å². The molecule has 0 aliphatic rings. The van der Waals surface area contributed by atoms with Crippen molar-refractivity contribution in [2.24, 2.45) is 11.5 Å². The van der Waals surface area contributed by atoms with E-state index in [0.29, 0.717) is 0 Å². The molecule has 0 aromatic carbocycles. The zero-order valence-corrected chi connectivity index (χ0v) is 7.35. The highest BCUT2D eigenvalue weighted by atomic mass is 14.7. The van der Waals surface area contributed by atoms with Crippen molar-refractivity contribution in [3.05, 3.63) is 0 Å². The molecule has 2 atom stereocenters. The van der Waals surface area contributed by atoms with E-state index in [4.69, 9.17) is 11.5 Å². The summed E-state index contributed by atoms with van der Waals surface area (Å²) in [4.78, 5) is 0. The molecule has 0 radical (unpaired) electrons. The largest absolute Gasteiger partial charge is 0.328 e. The molecule has 0 spiro atoms. The van der Waals surface area contributed by atoms with Gasteiger partial charge in [-0.25, -0.2) is 0 Å². The van der Waals surface area contributed by atoms with Crippen LogP contribution in [0.4, 0.5) is 0 Å². The molecule has 0 fully saturated rings. The third-order valence-electron chi connectivity index (χ3n) is 1.61. The van der Waals surface area contributed by atoms with Crippen molar-refractivity contribution in [2.45, 2.75) is 51.6 Å². The first-order chi connectivity index (χ1) is 4.48. The van der Waals surface area contributed by atoms with E-state index in [1.54, 1.807) is 0 Å². The molecule has 10 heavy (non-hydrogen) atoms. The van der Waals surface area contributed by atoms with Gasteiger partial charge in [0, 0.05) is 11.6 Å². The van der Waals surface area contributed by atoms with Gasteiger partial charge in [-0.2, -0.15) is 0 Å².